The van der Waals surface area contributed by atoms with E-state index in [0.29, 0.717) is 0 Å². The molecule has 0 aromatic heterocycles. The summed E-state index contributed by atoms with van der Waals surface area (Å²) in [5.74, 6) is 1.79. The first kappa shape index (κ1) is 13.7. The molecular formula is C18H21O. The Hall–Kier alpha value is -1.76. The Balaban J connectivity index is 2.13. The van der Waals surface area contributed by atoms with Gasteiger partial charge >= 0.3 is 0 Å². The molecule has 0 saturated carbocycles. The lowest BCUT2D eigenvalue weighted by Gasteiger charge is -2.12. The van der Waals surface area contributed by atoms with Gasteiger partial charge in [-0.15, -0.1) is 0 Å². The van der Waals surface area contributed by atoms with E-state index in [0.717, 1.165) is 23.5 Å². The lowest BCUT2D eigenvalue weighted by atomic mass is 10.1. The van der Waals surface area contributed by atoms with E-state index in [1.165, 1.54) is 24.8 Å². The second kappa shape index (κ2) is 6.98. The molecule has 0 heterocycles. The molecule has 1 radical (unpaired) electrons. The number of para-hydroxylation sites is 2. The average Bonchev–Trinajstić information content (AvgIpc) is 2.43. The Labute approximate surface area is 116 Å². The van der Waals surface area contributed by atoms with E-state index in [1.54, 1.807) is 0 Å². The van der Waals surface area contributed by atoms with Gasteiger partial charge in [0.05, 0.1) is 0 Å². The van der Waals surface area contributed by atoms with Gasteiger partial charge in [0.25, 0.3) is 0 Å². The van der Waals surface area contributed by atoms with E-state index >= 15 is 0 Å². The van der Waals surface area contributed by atoms with E-state index in [-0.39, 0.29) is 0 Å². The van der Waals surface area contributed by atoms with Gasteiger partial charge in [-0.25, -0.2) is 0 Å². The molecule has 0 aliphatic carbocycles. The number of ether oxygens (including phenoxy) is 1. The first-order valence-electron chi connectivity index (χ1n) is 6.98. The van der Waals surface area contributed by atoms with Gasteiger partial charge < -0.3 is 4.74 Å². The summed E-state index contributed by atoms with van der Waals surface area (Å²) < 4.78 is 6.01. The van der Waals surface area contributed by atoms with Crippen LogP contribution in [0.2, 0.25) is 0 Å². The summed E-state index contributed by atoms with van der Waals surface area (Å²) in [6, 6.07) is 16.2. The van der Waals surface area contributed by atoms with Crippen LogP contribution in [0, 0.1) is 6.92 Å². The van der Waals surface area contributed by atoms with Gasteiger partial charge in [0.15, 0.2) is 0 Å². The lowest BCUT2D eigenvalue weighted by Crippen LogP contribution is -1.93. The summed E-state index contributed by atoms with van der Waals surface area (Å²) in [6.45, 7) is 6.22. The molecule has 0 N–H and O–H groups in total. The first-order valence-corrected chi connectivity index (χ1v) is 6.98. The van der Waals surface area contributed by atoms with Crippen LogP contribution in [0.3, 0.4) is 0 Å². The van der Waals surface area contributed by atoms with Crippen LogP contribution in [0.4, 0.5) is 0 Å². The van der Waals surface area contributed by atoms with Crippen LogP contribution < -0.4 is 4.74 Å². The third-order valence-corrected chi connectivity index (χ3v) is 3.21. The molecule has 99 valence electrons. The summed E-state index contributed by atoms with van der Waals surface area (Å²) >= 11 is 0. The van der Waals surface area contributed by atoms with Gasteiger partial charge in [0.2, 0.25) is 0 Å². The van der Waals surface area contributed by atoms with Gasteiger partial charge in [0.1, 0.15) is 11.5 Å². The number of hydrogen-bond donors (Lipinski definition) is 0. The Morgan fingerprint density at radius 2 is 1.58 bits per heavy atom. The van der Waals surface area contributed by atoms with Crippen LogP contribution >= 0.6 is 0 Å². The van der Waals surface area contributed by atoms with Crippen LogP contribution in [0.25, 0.3) is 0 Å². The molecule has 0 bridgehead atoms. The SMILES string of the molecule is [CH2]c1ccccc1Oc1ccccc1CCCCC. The second-order valence-corrected chi connectivity index (χ2v) is 4.77. The van der Waals surface area contributed by atoms with Crippen molar-refractivity contribution in [2.45, 2.75) is 32.6 Å². The highest BCUT2D eigenvalue weighted by Crippen LogP contribution is 2.28. The Morgan fingerprint density at radius 3 is 2.32 bits per heavy atom. The summed E-state index contributed by atoms with van der Waals surface area (Å²) in [7, 11) is 0. The third-order valence-electron chi connectivity index (χ3n) is 3.21. The average molecular weight is 253 g/mol. The maximum absolute atomic E-state index is 6.01. The van der Waals surface area contributed by atoms with E-state index in [9.17, 15) is 0 Å². The summed E-state index contributed by atoms with van der Waals surface area (Å²) in [6.07, 6.45) is 4.79. The zero-order valence-corrected chi connectivity index (χ0v) is 11.6. The van der Waals surface area contributed by atoms with E-state index in [2.05, 4.69) is 26.0 Å². The molecule has 0 amide bonds. The fourth-order valence-corrected chi connectivity index (χ4v) is 2.10. The Bertz CT molecular complexity index is 517. The molecular weight excluding hydrogens is 232 g/mol. The molecule has 2 aromatic rings. The molecule has 0 unspecified atom stereocenters. The molecule has 1 nitrogen and oxygen atoms in total. The largest absolute Gasteiger partial charge is 0.457 e. The summed E-state index contributed by atoms with van der Waals surface area (Å²) in [5.41, 5.74) is 2.20. The molecule has 0 fully saturated rings. The molecule has 0 spiro atoms. The number of hydrogen-bond acceptors (Lipinski definition) is 1. The molecule has 19 heavy (non-hydrogen) atoms. The van der Waals surface area contributed by atoms with Crippen molar-refractivity contribution in [3.8, 4) is 11.5 Å². The molecule has 1 heteroatoms. The minimum absolute atomic E-state index is 0.838. The standard InChI is InChI=1S/C18H21O/c1-3-4-5-11-16-12-7-9-14-18(16)19-17-13-8-6-10-15(17)2/h6-10,12-14H,2-5,11H2,1H3. The van der Waals surface area contributed by atoms with Crippen molar-refractivity contribution < 1.29 is 4.74 Å². The van der Waals surface area contributed by atoms with Crippen LogP contribution in [0.1, 0.15) is 37.3 Å². The molecule has 0 saturated heterocycles. The zero-order valence-electron chi connectivity index (χ0n) is 11.6. The number of rotatable bonds is 6. The smallest absolute Gasteiger partial charge is 0.130 e. The normalized spacial score (nSPS) is 10.4. The third kappa shape index (κ3) is 3.85. The maximum atomic E-state index is 6.01. The molecule has 0 atom stereocenters. The predicted octanol–water partition coefficient (Wildman–Crippen LogP) is 5.39. The molecule has 0 aliphatic heterocycles. The lowest BCUT2D eigenvalue weighted by molar-refractivity contribution is 0.472. The zero-order chi connectivity index (χ0) is 13.5. The minimum Gasteiger partial charge on any atom is -0.457 e. The number of benzene rings is 2. The molecule has 0 aliphatic rings. The highest BCUT2D eigenvalue weighted by molar-refractivity contribution is 5.42. The predicted molar refractivity (Wildman–Crippen MR) is 80.6 cm³/mol. The van der Waals surface area contributed by atoms with E-state index < -0.39 is 0 Å². The number of unbranched alkanes of at least 4 members (excludes halogenated alkanes) is 2. The first-order chi connectivity index (χ1) is 9.31. The summed E-state index contributed by atoms with van der Waals surface area (Å²) in [4.78, 5) is 0. The van der Waals surface area contributed by atoms with Crippen LogP contribution in [0.5, 0.6) is 11.5 Å². The van der Waals surface area contributed by atoms with Gasteiger partial charge in [-0.1, -0.05) is 56.2 Å². The van der Waals surface area contributed by atoms with Gasteiger partial charge in [-0.2, -0.15) is 0 Å². The van der Waals surface area contributed by atoms with E-state index in [4.69, 9.17) is 4.74 Å². The quantitative estimate of drug-likeness (QED) is 0.627. The second-order valence-electron chi connectivity index (χ2n) is 4.77. The van der Waals surface area contributed by atoms with Crippen molar-refractivity contribution >= 4 is 0 Å². The van der Waals surface area contributed by atoms with Crippen molar-refractivity contribution in [3.63, 3.8) is 0 Å². The van der Waals surface area contributed by atoms with Crippen LogP contribution in [0.15, 0.2) is 48.5 Å². The van der Waals surface area contributed by atoms with Crippen LogP contribution in [-0.2, 0) is 6.42 Å². The highest BCUT2D eigenvalue weighted by Gasteiger charge is 2.05. The fraction of sp³-hybridized carbons (Fsp3) is 0.278. The molecule has 2 rings (SSSR count). The van der Waals surface area contributed by atoms with E-state index in [1.807, 2.05) is 36.4 Å². The van der Waals surface area contributed by atoms with Crippen molar-refractivity contribution in [1.82, 2.24) is 0 Å². The fourth-order valence-electron chi connectivity index (χ4n) is 2.10. The minimum atomic E-state index is 0.838. The van der Waals surface area contributed by atoms with Crippen LogP contribution in [-0.4, -0.2) is 0 Å². The van der Waals surface area contributed by atoms with Gasteiger partial charge in [-0.3, -0.25) is 0 Å². The Morgan fingerprint density at radius 1 is 0.895 bits per heavy atom. The Kier molecular flexibility index (Phi) is 5.02. The van der Waals surface area contributed by atoms with Crippen molar-refractivity contribution in [3.05, 3.63) is 66.6 Å². The summed E-state index contributed by atoms with van der Waals surface area (Å²) in [5, 5.41) is 0. The van der Waals surface area contributed by atoms with Gasteiger partial charge in [0, 0.05) is 0 Å². The van der Waals surface area contributed by atoms with Crippen molar-refractivity contribution in [2.75, 3.05) is 0 Å². The topological polar surface area (TPSA) is 9.23 Å². The molecule has 2 aromatic carbocycles. The van der Waals surface area contributed by atoms with Gasteiger partial charge in [-0.05, 0) is 43.0 Å². The highest BCUT2D eigenvalue weighted by atomic mass is 16.5. The maximum Gasteiger partial charge on any atom is 0.130 e. The number of aryl methyl sites for hydroxylation is 1. The monoisotopic (exact) mass is 253 g/mol. The van der Waals surface area contributed by atoms with Crippen molar-refractivity contribution in [1.29, 1.82) is 0 Å². The van der Waals surface area contributed by atoms with Crippen molar-refractivity contribution in [2.24, 2.45) is 0 Å².